The molecule has 1 amide bonds. The van der Waals surface area contributed by atoms with Crippen LogP contribution in [-0.2, 0) is 4.79 Å². The Hall–Kier alpha value is -3.15. The molecule has 2 aliphatic heterocycles. The van der Waals surface area contributed by atoms with E-state index >= 15 is 0 Å². The summed E-state index contributed by atoms with van der Waals surface area (Å²) < 4.78 is 11.8. The molecule has 28 heavy (non-hydrogen) atoms. The van der Waals surface area contributed by atoms with Gasteiger partial charge in [-0.3, -0.25) is 4.79 Å². The first-order chi connectivity index (χ1) is 13.3. The lowest BCUT2D eigenvalue weighted by Crippen LogP contribution is -2.46. The van der Waals surface area contributed by atoms with Crippen LogP contribution in [0.3, 0.4) is 0 Å². The zero-order valence-corrected chi connectivity index (χ0v) is 16.9. The molecule has 1 aromatic heterocycles. The summed E-state index contributed by atoms with van der Waals surface area (Å²) in [5, 5.41) is 0. The third kappa shape index (κ3) is 2.59. The molecule has 0 spiro atoms. The normalized spacial score (nSPS) is 18.6. The molecule has 0 saturated carbocycles. The van der Waals surface area contributed by atoms with Gasteiger partial charge in [-0.2, -0.15) is 0 Å². The Kier molecular flexibility index (Phi) is 4.22. The average Bonchev–Trinajstić information content (AvgIpc) is 3.16. The Bertz CT molecular complexity index is 1000. The zero-order chi connectivity index (χ0) is 20.2. The van der Waals surface area contributed by atoms with Gasteiger partial charge in [0.05, 0.1) is 24.2 Å². The van der Waals surface area contributed by atoms with E-state index in [1.54, 1.807) is 19.1 Å². The first-order valence-electron chi connectivity index (χ1n) is 9.31. The molecule has 146 valence electrons. The van der Waals surface area contributed by atoms with Crippen LogP contribution in [0.15, 0.2) is 37.2 Å². The predicted octanol–water partition coefficient (Wildman–Crippen LogP) is 3.71. The number of ether oxygens (including phenoxy) is 2. The minimum absolute atomic E-state index is 0.0489. The SMILES string of the molecule is C=C1c2[nH]ccc2C(c2cc(OC)cc3c2OC(C(C)C)C(=O)N3C)=CN1C. The highest BCUT2D eigenvalue weighted by Gasteiger charge is 2.37. The van der Waals surface area contributed by atoms with Gasteiger partial charge in [-0.25, -0.2) is 0 Å². The number of benzene rings is 1. The van der Waals surface area contributed by atoms with Gasteiger partial charge >= 0.3 is 0 Å². The second-order valence-electron chi connectivity index (χ2n) is 7.57. The number of nitrogens with zero attached hydrogens (tertiary/aromatic N) is 2. The molecule has 0 fully saturated rings. The smallest absolute Gasteiger partial charge is 0.268 e. The van der Waals surface area contributed by atoms with Crippen molar-refractivity contribution in [2.24, 2.45) is 5.92 Å². The number of likely N-dealkylation sites (N-methyl/N-ethyl adjacent to an activating group) is 1. The van der Waals surface area contributed by atoms with Gasteiger partial charge in [0, 0.05) is 49.3 Å². The van der Waals surface area contributed by atoms with E-state index in [1.807, 2.05) is 56.4 Å². The van der Waals surface area contributed by atoms with Crippen molar-refractivity contribution in [3.05, 3.63) is 54.0 Å². The fourth-order valence-electron chi connectivity index (χ4n) is 3.75. The number of rotatable bonds is 3. The molecular formula is C22H25N3O3. The van der Waals surface area contributed by atoms with E-state index in [4.69, 9.17) is 9.47 Å². The highest BCUT2D eigenvalue weighted by molar-refractivity contribution is 6.02. The lowest BCUT2D eigenvalue weighted by atomic mass is 9.92. The van der Waals surface area contributed by atoms with Crippen LogP contribution in [0, 0.1) is 5.92 Å². The van der Waals surface area contributed by atoms with Crippen molar-refractivity contribution in [1.29, 1.82) is 0 Å². The third-order valence-corrected chi connectivity index (χ3v) is 5.43. The first-order valence-corrected chi connectivity index (χ1v) is 9.31. The van der Waals surface area contributed by atoms with Gasteiger partial charge < -0.3 is 24.3 Å². The molecule has 3 heterocycles. The quantitative estimate of drug-likeness (QED) is 0.883. The minimum atomic E-state index is -0.521. The number of fused-ring (bicyclic) bond motifs is 2. The number of aromatic amines is 1. The van der Waals surface area contributed by atoms with Crippen molar-refractivity contribution in [1.82, 2.24) is 9.88 Å². The van der Waals surface area contributed by atoms with E-state index < -0.39 is 6.10 Å². The molecule has 0 aliphatic carbocycles. The van der Waals surface area contributed by atoms with E-state index in [2.05, 4.69) is 11.6 Å². The summed E-state index contributed by atoms with van der Waals surface area (Å²) >= 11 is 0. The van der Waals surface area contributed by atoms with Crippen molar-refractivity contribution < 1.29 is 14.3 Å². The largest absolute Gasteiger partial charge is 0.497 e. The van der Waals surface area contributed by atoms with Crippen molar-refractivity contribution in [2.45, 2.75) is 20.0 Å². The number of H-pyrrole nitrogens is 1. The van der Waals surface area contributed by atoms with E-state index in [0.717, 1.165) is 28.1 Å². The Morgan fingerprint density at radius 3 is 2.68 bits per heavy atom. The van der Waals surface area contributed by atoms with Crippen molar-refractivity contribution in [3.8, 4) is 11.5 Å². The van der Waals surface area contributed by atoms with Crippen molar-refractivity contribution in [3.63, 3.8) is 0 Å². The van der Waals surface area contributed by atoms with Gasteiger partial charge in [0.25, 0.3) is 5.91 Å². The van der Waals surface area contributed by atoms with Gasteiger partial charge in [0.1, 0.15) is 5.75 Å². The number of aromatic nitrogens is 1. The molecule has 1 N–H and O–H groups in total. The molecule has 0 saturated heterocycles. The number of amides is 1. The summed E-state index contributed by atoms with van der Waals surface area (Å²) in [4.78, 5) is 19.7. The molecule has 1 unspecified atom stereocenters. The van der Waals surface area contributed by atoms with Crippen LogP contribution in [0.4, 0.5) is 5.69 Å². The summed E-state index contributed by atoms with van der Waals surface area (Å²) in [6, 6.07) is 5.84. The van der Waals surface area contributed by atoms with Gasteiger partial charge in [0.15, 0.2) is 11.9 Å². The molecule has 0 bridgehead atoms. The lowest BCUT2D eigenvalue weighted by Gasteiger charge is -2.36. The third-order valence-electron chi connectivity index (χ3n) is 5.43. The molecule has 1 aromatic carbocycles. The van der Waals surface area contributed by atoms with Crippen LogP contribution >= 0.6 is 0 Å². The van der Waals surface area contributed by atoms with Gasteiger partial charge in [-0.1, -0.05) is 20.4 Å². The summed E-state index contributed by atoms with van der Waals surface area (Å²) in [6.45, 7) is 8.14. The van der Waals surface area contributed by atoms with Crippen LogP contribution < -0.4 is 14.4 Å². The molecular weight excluding hydrogens is 354 g/mol. The van der Waals surface area contributed by atoms with Crippen LogP contribution in [0.1, 0.15) is 30.7 Å². The molecule has 2 aromatic rings. The number of hydrogen-bond acceptors (Lipinski definition) is 4. The highest BCUT2D eigenvalue weighted by Crippen LogP contribution is 2.47. The molecule has 6 heteroatoms. The minimum Gasteiger partial charge on any atom is -0.497 e. The Labute approximate surface area is 165 Å². The van der Waals surface area contributed by atoms with Gasteiger partial charge in [0.2, 0.25) is 0 Å². The second-order valence-corrected chi connectivity index (χ2v) is 7.57. The molecule has 0 radical (unpaired) electrons. The lowest BCUT2D eigenvalue weighted by molar-refractivity contribution is -0.127. The Balaban J connectivity index is 1.96. The van der Waals surface area contributed by atoms with E-state index in [9.17, 15) is 4.79 Å². The topological polar surface area (TPSA) is 57.8 Å². The van der Waals surface area contributed by atoms with Crippen LogP contribution in [0.25, 0.3) is 11.3 Å². The van der Waals surface area contributed by atoms with Crippen molar-refractivity contribution >= 4 is 22.9 Å². The van der Waals surface area contributed by atoms with E-state index in [1.165, 1.54) is 0 Å². The molecule has 1 atom stereocenters. The first kappa shape index (κ1) is 18.2. The van der Waals surface area contributed by atoms with E-state index in [0.29, 0.717) is 17.2 Å². The Morgan fingerprint density at radius 1 is 1.25 bits per heavy atom. The van der Waals surface area contributed by atoms with Gasteiger partial charge in [-0.05, 0) is 18.1 Å². The maximum absolute atomic E-state index is 12.8. The summed E-state index contributed by atoms with van der Waals surface area (Å²) in [5.74, 6) is 1.38. The number of carbonyl (C=O) groups is 1. The van der Waals surface area contributed by atoms with E-state index in [-0.39, 0.29) is 11.8 Å². The van der Waals surface area contributed by atoms with Crippen molar-refractivity contribution in [2.75, 3.05) is 26.1 Å². The zero-order valence-electron chi connectivity index (χ0n) is 16.9. The maximum Gasteiger partial charge on any atom is 0.268 e. The summed E-state index contributed by atoms with van der Waals surface area (Å²) in [7, 11) is 5.37. The number of carbonyl (C=O) groups excluding carboxylic acids is 1. The predicted molar refractivity (Wildman–Crippen MR) is 110 cm³/mol. The number of methoxy groups -OCH3 is 1. The van der Waals surface area contributed by atoms with Crippen LogP contribution in [-0.4, -0.2) is 43.1 Å². The number of anilines is 1. The maximum atomic E-state index is 12.8. The standard InChI is InChI=1S/C22H25N3O3/c1-12(2)20-22(26)25(5)18-10-14(27-6)9-16(21(18)28-20)17-11-24(4)13(3)19-15(17)7-8-23-19/h7-12,20,23H,3H2,1-2,4-6H3. The fourth-order valence-corrected chi connectivity index (χ4v) is 3.75. The Morgan fingerprint density at radius 2 is 2.00 bits per heavy atom. The van der Waals surface area contributed by atoms with Crippen LogP contribution in [0.2, 0.25) is 0 Å². The molecule has 4 rings (SSSR count). The number of nitrogens with one attached hydrogen (secondary N) is 1. The average molecular weight is 379 g/mol. The molecule has 6 nitrogen and oxygen atoms in total. The van der Waals surface area contributed by atoms with Gasteiger partial charge in [-0.15, -0.1) is 0 Å². The second kappa shape index (κ2) is 6.48. The monoisotopic (exact) mass is 379 g/mol. The fraction of sp³-hybridized carbons (Fsp3) is 0.318. The highest BCUT2D eigenvalue weighted by atomic mass is 16.5. The van der Waals surface area contributed by atoms with Crippen LogP contribution in [0.5, 0.6) is 11.5 Å². The summed E-state index contributed by atoms with van der Waals surface area (Å²) in [5.41, 5.74) is 5.50. The summed E-state index contributed by atoms with van der Waals surface area (Å²) in [6.07, 6.45) is 3.42. The molecule has 2 aliphatic rings. The number of hydrogen-bond donors (Lipinski definition) is 1.